The molecule has 1 aromatic heterocycles. The third-order valence-electron chi connectivity index (χ3n) is 6.57. The number of nitrogens with one attached hydrogen (secondary N) is 1. The van der Waals surface area contributed by atoms with Crippen molar-refractivity contribution in [2.45, 2.75) is 51.2 Å². The van der Waals surface area contributed by atoms with E-state index in [0.29, 0.717) is 24.8 Å². The van der Waals surface area contributed by atoms with Crippen LogP contribution in [-0.4, -0.2) is 82.6 Å². The van der Waals surface area contributed by atoms with E-state index in [1.807, 2.05) is 36.4 Å². The molecule has 38 heavy (non-hydrogen) atoms. The second-order valence-corrected chi connectivity index (χ2v) is 9.20. The maximum Gasteiger partial charge on any atom is 0.409 e. The summed E-state index contributed by atoms with van der Waals surface area (Å²) in [5, 5.41) is 12.0. The third kappa shape index (κ3) is 6.76. The molecular formula is C27H32N6O5. The van der Waals surface area contributed by atoms with Gasteiger partial charge in [-0.25, -0.2) is 9.78 Å². The van der Waals surface area contributed by atoms with E-state index in [-0.39, 0.29) is 43.8 Å². The molecule has 2 aromatic rings. The number of piperazine rings is 1. The summed E-state index contributed by atoms with van der Waals surface area (Å²) >= 11 is 0. The first-order chi connectivity index (χ1) is 18.5. The van der Waals surface area contributed by atoms with Crippen LogP contribution in [0.5, 0.6) is 5.88 Å². The van der Waals surface area contributed by atoms with Crippen molar-refractivity contribution in [3.8, 4) is 23.3 Å². The van der Waals surface area contributed by atoms with E-state index < -0.39 is 18.0 Å². The molecule has 2 fully saturated rings. The van der Waals surface area contributed by atoms with Crippen molar-refractivity contribution < 1.29 is 23.9 Å². The number of nitriles is 1. The Labute approximate surface area is 221 Å². The van der Waals surface area contributed by atoms with Gasteiger partial charge < -0.3 is 24.6 Å². The van der Waals surface area contributed by atoms with Crippen LogP contribution in [0.4, 0.5) is 4.79 Å². The summed E-state index contributed by atoms with van der Waals surface area (Å²) in [6, 6.07) is 11.7. The fourth-order valence-electron chi connectivity index (χ4n) is 4.56. The Balaban J connectivity index is 1.49. The number of ether oxygens (including phenoxy) is 2. The molecule has 0 spiro atoms. The molecule has 1 saturated carbocycles. The second kappa shape index (κ2) is 12.9. The minimum Gasteiger partial charge on any atom is -0.474 e. The molecule has 0 radical (unpaired) electrons. The number of hydrogen-bond acceptors (Lipinski definition) is 8. The van der Waals surface area contributed by atoms with Gasteiger partial charge in [0, 0.05) is 37.8 Å². The molecule has 1 aromatic carbocycles. The van der Waals surface area contributed by atoms with Crippen molar-refractivity contribution in [1.29, 1.82) is 5.26 Å². The van der Waals surface area contributed by atoms with Crippen LogP contribution in [-0.2, 0) is 9.53 Å². The first-order valence-corrected chi connectivity index (χ1v) is 13.0. The van der Waals surface area contributed by atoms with Crippen LogP contribution in [0.3, 0.4) is 0 Å². The lowest BCUT2D eigenvalue weighted by atomic mass is 10.1. The minimum absolute atomic E-state index is 0.0330. The van der Waals surface area contributed by atoms with Crippen molar-refractivity contribution in [1.82, 2.24) is 25.1 Å². The van der Waals surface area contributed by atoms with Gasteiger partial charge in [0.2, 0.25) is 11.8 Å². The number of carbonyl (C=O) groups is 3. The predicted octanol–water partition coefficient (Wildman–Crippen LogP) is 2.78. The van der Waals surface area contributed by atoms with E-state index in [1.165, 1.54) is 11.0 Å². The van der Waals surface area contributed by atoms with Gasteiger partial charge in [-0.05, 0) is 32.6 Å². The predicted molar refractivity (Wildman–Crippen MR) is 137 cm³/mol. The number of rotatable bonds is 8. The lowest BCUT2D eigenvalue weighted by Gasteiger charge is -2.35. The molecule has 1 aliphatic heterocycles. The standard InChI is InChI=1S/C27H32N6O5/c1-2-37-27(36)33-16-14-32(15-17-33)26(35)21(12-13-28)30-25(34)22-18-23(38-20-10-6-7-11-20)31-24(29-22)19-8-4-3-5-9-19/h3-5,8-9,18,20-21H,2,6-7,10-12,14-17H2,1H3,(H,30,34). The first kappa shape index (κ1) is 26.9. The van der Waals surface area contributed by atoms with E-state index in [9.17, 15) is 19.6 Å². The van der Waals surface area contributed by atoms with Gasteiger partial charge in [-0.15, -0.1) is 0 Å². The molecular weight excluding hydrogens is 488 g/mol. The summed E-state index contributed by atoms with van der Waals surface area (Å²) in [6.45, 7) is 3.19. The van der Waals surface area contributed by atoms with Gasteiger partial charge in [0.1, 0.15) is 17.8 Å². The van der Waals surface area contributed by atoms with Crippen molar-refractivity contribution in [2.75, 3.05) is 32.8 Å². The molecule has 2 heterocycles. The summed E-state index contributed by atoms with van der Waals surface area (Å²) < 4.78 is 11.1. The fraction of sp³-hybridized carbons (Fsp3) is 0.481. The topological polar surface area (TPSA) is 138 Å². The largest absolute Gasteiger partial charge is 0.474 e. The Bertz CT molecular complexity index is 1170. The number of aromatic nitrogens is 2. The number of carbonyl (C=O) groups excluding carboxylic acids is 3. The maximum absolute atomic E-state index is 13.3. The average Bonchev–Trinajstić information content (AvgIpc) is 3.46. The summed E-state index contributed by atoms with van der Waals surface area (Å²) in [4.78, 5) is 50.5. The van der Waals surface area contributed by atoms with Crippen LogP contribution >= 0.6 is 0 Å². The molecule has 11 heteroatoms. The Morgan fingerprint density at radius 2 is 1.76 bits per heavy atom. The highest BCUT2D eigenvalue weighted by Crippen LogP contribution is 2.25. The van der Waals surface area contributed by atoms with Crippen LogP contribution in [0.25, 0.3) is 11.4 Å². The summed E-state index contributed by atoms with van der Waals surface area (Å²) in [6.07, 6.45) is 3.43. The van der Waals surface area contributed by atoms with Crippen molar-refractivity contribution in [3.05, 3.63) is 42.1 Å². The van der Waals surface area contributed by atoms with Crippen LogP contribution < -0.4 is 10.1 Å². The highest BCUT2D eigenvalue weighted by atomic mass is 16.6. The highest BCUT2D eigenvalue weighted by molar-refractivity contribution is 5.96. The quantitative estimate of drug-likeness (QED) is 0.561. The average molecular weight is 521 g/mol. The molecule has 0 bridgehead atoms. The van der Waals surface area contributed by atoms with Gasteiger partial charge in [-0.2, -0.15) is 10.2 Å². The molecule has 200 valence electrons. The molecule has 3 amide bonds. The Hall–Kier alpha value is -4.20. The minimum atomic E-state index is -1.06. The molecule has 1 N–H and O–H groups in total. The lowest BCUT2D eigenvalue weighted by molar-refractivity contribution is -0.134. The molecule has 1 aliphatic carbocycles. The van der Waals surface area contributed by atoms with Gasteiger partial charge in [0.25, 0.3) is 5.91 Å². The first-order valence-electron chi connectivity index (χ1n) is 13.0. The normalized spacial score (nSPS) is 16.4. The zero-order valence-corrected chi connectivity index (χ0v) is 21.5. The molecule has 1 saturated heterocycles. The highest BCUT2D eigenvalue weighted by Gasteiger charge is 2.31. The summed E-state index contributed by atoms with van der Waals surface area (Å²) in [7, 11) is 0. The third-order valence-corrected chi connectivity index (χ3v) is 6.57. The SMILES string of the molecule is CCOC(=O)N1CCN(C(=O)C(CC#N)NC(=O)c2cc(OC3CCCC3)nc(-c3ccccc3)n2)CC1. The van der Waals surface area contributed by atoms with E-state index in [1.54, 1.807) is 11.8 Å². The van der Waals surface area contributed by atoms with Crippen molar-refractivity contribution in [2.24, 2.45) is 0 Å². The van der Waals surface area contributed by atoms with E-state index in [2.05, 4.69) is 15.3 Å². The number of nitrogens with zero attached hydrogens (tertiary/aromatic N) is 5. The fourth-order valence-corrected chi connectivity index (χ4v) is 4.56. The summed E-state index contributed by atoms with van der Waals surface area (Å²) in [5.41, 5.74) is 0.775. The van der Waals surface area contributed by atoms with Crippen molar-refractivity contribution >= 4 is 17.9 Å². The van der Waals surface area contributed by atoms with E-state index >= 15 is 0 Å². The Kier molecular flexibility index (Phi) is 9.08. The Morgan fingerprint density at radius 3 is 2.42 bits per heavy atom. The smallest absolute Gasteiger partial charge is 0.409 e. The molecule has 2 aliphatic rings. The van der Waals surface area contributed by atoms with Crippen LogP contribution in [0.15, 0.2) is 36.4 Å². The van der Waals surface area contributed by atoms with Gasteiger partial charge >= 0.3 is 6.09 Å². The van der Waals surface area contributed by atoms with E-state index in [0.717, 1.165) is 31.2 Å². The maximum atomic E-state index is 13.3. The van der Waals surface area contributed by atoms with E-state index in [4.69, 9.17) is 9.47 Å². The molecule has 11 nitrogen and oxygen atoms in total. The zero-order valence-electron chi connectivity index (χ0n) is 21.5. The number of amides is 3. The second-order valence-electron chi connectivity index (χ2n) is 9.20. The van der Waals surface area contributed by atoms with Gasteiger partial charge in [0.15, 0.2) is 5.82 Å². The van der Waals surface area contributed by atoms with Crippen LogP contribution in [0, 0.1) is 11.3 Å². The van der Waals surface area contributed by atoms with Gasteiger partial charge in [-0.1, -0.05) is 30.3 Å². The molecule has 1 atom stereocenters. The molecule has 1 unspecified atom stereocenters. The van der Waals surface area contributed by atoms with Gasteiger partial charge in [0.05, 0.1) is 19.1 Å². The number of hydrogen-bond donors (Lipinski definition) is 1. The van der Waals surface area contributed by atoms with Crippen LogP contribution in [0.2, 0.25) is 0 Å². The monoisotopic (exact) mass is 520 g/mol. The van der Waals surface area contributed by atoms with Crippen molar-refractivity contribution in [3.63, 3.8) is 0 Å². The Morgan fingerprint density at radius 1 is 1.08 bits per heavy atom. The lowest BCUT2D eigenvalue weighted by Crippen LogP contribution is -2.55. The summed E-state index contributed by atoms with van der Waals surface area (Å²) in [5.74, 6) is -0.346. The zero-order chi connectivity index (χ0) is 26.9. The van der Waals surface area contributed by atoms with Gasteiger partial charge in [-0.3, -0.25) is 9.59 Å². The van der Waals surface area contributed by atoms with Crippen LogP contribution in [0.1, 0.15) is 49.5 Å². The molecule has 4 rings (SSSR count). The number of benzene rings is 1.